The van der Waals surface area contributed by atoms with E-state index in [1.807, 2.05) is 0 Å². The molecule has 0 amide bonds. The predicted octanol–water partition coefficient (Wildman–Crippen LogP) is 7.43. The van der Waals surface area contributed by atoms with Gasteiger partial charge in [0.15, 0.2) is 0 Å². The highest BCUT2D eigenvalue weighted by atomic mass is 14.4. The predicted molar refractivity (Wildman–Crippen MR) is 127 cm³/mol. The first-order valence-corrected chi connectivity index (χ1v) is 10.4. The lowest BCUT2D eigenvalue weighted by Gasteiger charge is -2.36. The van der Waals surface area contributed by atoms with Crippen LogP contribution in [0.1, 0.15) is 22.3 Å². The van der Waals surface area contributed by atoms with Crippen LogP contribution in [0.5, 0.6) is 0 Å². The molecule has 0 nitrogen and oxygen atoms in total. The van der Waals surface area contributed by atoms with Crippen LogP contribution in [0, 0.1) is 6.42 Å². The van der Waals surface area contributed by atoms with Crippen LogP contribution in [0.4, 0.5) is 0 Å². The van der Waals surface area contributed by atoms with E-state index in [-0.39, 0.29) is 5.41 Å². The summed E-state index contributed by atoms with van der Waals surface area (Å²) in [7, 11) is 0. The third kappa shape index (κ3) is 3.31. The van der Waals surface area contributed by atoms with Crippen LogP contribution >= 0.6 is 0 Å². The number of hydrogen-bond acceptors (Lipinski definition) is 0. The average molecular weight is 384 g/mol. The molecule has 0 unspecified atom stereocenters. The van der Waals surface area contributed by atoms with Crippen LogP contribution in [0.2, 0.25) is 0 Å². The molecule has 0 saturated carbocycles. The van der Waals surface area contributed by atoms with E-state index in [1.54, 1.807) is 0 Å². The molecule has 5 aromatic carbocycles. The van der Waals surface area contributed by atoms with E-state index in [1.165, 1.54) is 33.0 Å². The smallest absolute Gasteiger partial charge is 0.0526 e. The third-order valence-electron chi connectivity index (χ3n) is 5.84. The highest BCUT2D eigenvalue weighted by molar-refractivity contribution is 5.83. The molecule has 30 heavy (non-hydrogen) atoms. The van der Waals surface area contributed by atoms with Gasteiger partial charge in [-0.05, 0) is 33.0 Å². The molecule has 0 aliphatic carbocycles. The lowest BCUT2D eigenvalue weighted by molar-refractivity contribution is 0.730. The van der Waals surface area contributed by atoms with Gasteiger partial charge in [0.05, 0.1) is 5.41 Å². The molecule has 0 fully saturated rings. The third-order valence-corrected chi connectivity index (χ3v) is 5.84. The fourth-order valence-electron chi connectivity index (χ4n) is 4.40. The molecule has 0 N–H and O–H groups in total. The quantitative estimate of drug-likeness (QED) is 0.277. The van der Waals surface area contributed by atoms with Gasteiger partial charge in [0.25, 0.3) is 0 Å². The van der Waals surface area contributed by atoms with E-state index in [2.05, 4.69) is 140 Å². The van der Waals surface area contributed by atoms with E-state index in [0.717, 1.165) is 0 Å². The van der Waals surface area contributed by atoms with Crippen molar-refractivity contribution in [3.8, 4) is 0 Å². The first-order chi connectivity index (χ1) is 14.9. The maximum Gasteiger partial charge on any atom is 0.0526 e. The lowest BCUT2D eigenvalue weighted by Crippen LogP contribution is -2.30. The van der Waals surface area contributed by atoms with Crippen molar-refractivity contribution < 1.29 is 0 Å². The molecule has 1 radical (unpaired) electrons. The molecule has 0 aliphatic rings. The molecule has 0 aliphatic heterocycles. The zero-order chi connectivity index (χ0) is 20.2. The largest absolute Gasteiger partial charge is 0.0622 e. The van der Waals surface area contributed by atoms with Crippen LogP contribution in [0.15, 0.2) is 133 Å². The van der Waals surface area contributed by atoms with Crippen molar-refractivity contribution in [2.75, 3.05) is 0 Å². The van der Waals surface area contributed by atoms with Gasteiger partial charge in [-0.1, -0.05) is 133 Å². The minimum atomic E-state index is -0.383. The minimum Gasteiger partial charge on any atom is -0.0622 e. The Morgan fingerprint density at radius 3 is 1.33 bits per heavy atom. The fraction of sp³-hybridized carbons (Fsp3) is 0.0333. The molecule has 143 valence electrons. The van der Waals surface area contributed by atoms with Crippen molar-refractivity contribution in [3.05, 3.63) is 162 Å². The Labute approximate surface area is 178 Å². The monoisotopic (exact) mass is 383 g/mol. The van der Waals surface area contributed by atoms with Gasteiger partial charge in [0.2, 0.25) is 0 Å². The maximum atomic E-state index is 2.42. The second-order valence-corrected chi connectivity index (χ2v) is 7.66. The summed E-state index contributed by atoms with van der Waals surface area (Å²) < 4.78 is 0. The van der Waals surface area contributed by atoms with Crippen molar-refractivity contribution in [1.82, 2.24) is 0 Å². The van der Waals surface area contributed by atoms with Gasteiger partial charge in [-0.3, -0.25) is 0 Å². The fourth-order valence-corrected chi connectivity index (χ4v) is 4.40. The number of benzene rings is 5. The SMILES string of the molecule is [CH](c1ccc2ccccc2c1)C(c1ccccc1)(c1ccccc1)c1ccccc1. The van der Waals surface area contributed by atoms with E-state index in [4.69, 9.17) is 0 Å². The maximum absolute atomic E-state index is 2.42. The van der Waals surface area contributed by atoms with Crippen molar-refractivity contribution in [1.29, 1.82) is 0 Å². The zero-order valence-electron chi connectivity index (χ0n) is 16.8. The summed E-state index contributed by atoms with van der Waals surface area (Å²) in [5, 5.41) is 2.52. The Bertz CT molecular complexity index is 1140. The van der Waals surface area contributed by atoms with Crippen molar-refractivity contribution >= 4 is 10.8 Å². The Morgan fingerprint density at radius 2 is 0.833 bits per heavy atom. The van der Waals surface area contributed by atoms with Gasteiger partial charge < -0.3 is 0 Å². The van der Waals surface area contributed by atoms with Gasteiger partial charge >= 0.3 is 0 Å². The molecular formula is C30H23. The molecule has 0 bridgehead atoms. The number of hydrogen-bond donors (Lipinski definition) is 0. The van der Waals surface area contributed by atoms with E-state index in [9.17, 15) is 0 Å². The van der Waals surface area contributed by atoms with Gasteiger partial charge in [0.1, 0.15) is 0 Å². The summed E-state index contributed by atoms with van der Waals surface area (Å²) >= 11 is 0. The summed E-state index contributed by atoms with van der Waals surface area (Å²) in [6.07, 6.45) is 2.42. The lowest BCUT2D eigenvalue weighted by atomic mass is 9.66. The molecule has 0 aromatic heterocycles. The molecule has 0 heteroatoms. The molecule has 5 aromatic rings. The van der Waals surface area contributed by atoms with Crippen LogP contribution < -0.4 is 0 Å². The van der Waals surface area contributed by atoms with Crippen LogP contribution in [0.25, 0.3) is 10.8 Å². The van der Waals surface area contributed by atoms with Crippen molar-refractivity contribution in [2.24, 2.45) is 0 Å². The second-order valence-electron chi connectivity index (χ2n) is 7.66. The normalized spacial score (nSPS) is 11.5. The first kappa shape index (κ1) is 18.4. The molecule has 0 atom stereocenters. The number of rotatable bonds is 5. The van der Waals surface area contributed by atoms with Crippen molar-refractivity contribution in [3.63, 3.8) is 0 Å². The summed E-state index contributed by atoms with van der Waals surface area (Å²) in [4.78, 5) is 0. The van der Waals surface area contributed by atoms with Gasteiger partial charge in [-0.25, -0.2) is 0 Å². The molecule has 0 heterocycles. The van der Waals surface area contributed by atoms with Gasteiger partial charge in [0, 0.05) is 6.42 Å². The summed E-state index contributed by atoms with van der Waals surface area (Å²) in [6, 6.07) is 47.7. The second kappa shape index (κ2) is 8.00. The topological polar surface area (TPSA) is 0 Å². The van der Waals surface area contributed by atoms with Crippen LogP contribution in [0.3, 0.4) is 0 Å². The molecular weight excluding hydrogens is 360 g/mol. The van der Waals surface area contributed by atoms with Gasteiger partial charge in [-0.15, -0.1) is 0 Å². The summed E-state index contributed by atoms with van der Waals surface area (Å²) in [5.74, 6) is 0. The van der Waals surface area contributed by atoms with E-state index in [0.29, 0.717) is 0 Å². The molecule has 0 spiro atoms. The highest BCUT2D eigenvalue weighted by Gasteiger charge is 2.36. The molecule has 0 saturated heterocycles. The Hall–Kier alpha value is -3.64. The van der Waals surface area contributed by atoms with E-state index >= 15 is 0 Å². The Morgan fingerprint density at radius 1 is 0.400 bits per heavy atom. The first-order valence-electron chi connectivity index (χ1n) is 10.4. The van der Waals surface area contributed by atoms with Crippen LogP contribution in [-0.4, -0.2) is 0 Å². The highest BCUT2D eigenvalue weighted by Crippen LogP contribution is 2.43. The standard InChI is InChI=1S/C30H23/c1-4-14-27(15-5-1)30(28-16-6-2-7-17-28,29-18-8-3-9-19-29)23-24-20-21-25-12-10-11-13-26(25)22-24/h1-23H. The minimum absolute atomic E-state index is 0.383. The van der Waals surface area contributed by atoms with Crippen LogP contribution in [-0.2, 0) is 5.41 Å². The summed E-state index contributed by atoms with van der Waals surface area (Å²) in [5.41, 5.74) is 4.61. The zero-order valence-corrected chi connectivity index (χ0v) is 16.8. The van der Waals surface area contributed by atoms with Crippen molar-refractivity contribution in [2.45, 2.75) is 5.41 Å². The van der Waals surface area contributed by atoms with E-state index < -0.39 is 0 Å². The Balaban J connectivity index is 1.76. The average Bonchev–Trinajstić information content (AvgIpc) is 2.84. The number of fused-ring (bicyclic) bond motifs is 1. The molecule has 5 rings (SSSR count). The summed E-state index contributed by atoms with van der Waals surface area (Å²) in [6.45, 7) is 0. The van der Waals surface area contributed by atoms with Gasteiger partial charge in [-0.2, -0.15) is 0 Å². The Kier molecular flexibility index (Phi) is 4.91.